The Hall–Kier alpha value is -2.08. The first-order valence-electron chi connectivity index (χ1n) is 4.36. The molecule has 0 aromatic rings. The summed E-state index contributed by atoms with van der Waals surface area (Å²) in [5.41, 5.74) is 10.7. The highest BCUT2D eigenvalue weighted by molar-refractivity contribution is 6.23. The van der Waals surface area contributed by atoms with Crippen LogP contribution in [0.3, 0.4) is 0 Å². The van der Waals surface area contributed by atoms with Gasteiger partial charge in [0.05, 0.1) is 6.54 Å². The Morgan fingerprint density at radius 3 is 2.94 bits per heavy atom. The number of carbonyl (C=O) groups is 1. The van der Waals surface area contributed by atoms with Crippen LogP contribution in [0.1, 0.15) is 0 Å². The van der Waals surface area contributed by atoms with Crippen molar-refractivity contribution >= 4 is 11.7 Å². The van der Waals surface area contributed by atoms with Crippen LogP contribution >= 0.6 is 0 Å². The van der Waals surface area contributed by atoms with E-state index in [1.165, 1.54) is 0 Å². The molecule has 0 saturated heterocycles. The highest BCUT2D eigenvalue weighted by atomic mass is 16.5. The molecule has 2 aliphatic heterocycles. The average molecular weight is 220 g/mol. The topological polar surface area (TPSA) is 130 Å². The van der Waals surface area contributed by atoms with Gasteiger partial charge in [0.25, 0.3) is 5.91 Å². The Labute approximate surface area is 90.3 Å². The highest BCUT2D eigenvalue weighted by Gasteiger charge is 2.36. The summed E-state index contributed by atoms with van der Waals surface area (Å²) in [6.45, 7) is 0.134. The monoisotopic (exact) mass is 220 g/mol. The summed E-state index contributed by atoms with van der Waals surface area (Å²) in [7, 11) is 0. The van der Waals surface area contributed by atoms with E-state index in [0.29, 0.717) is 5.06 Å². The van der Waals surface area contributed by atoms with Gasteiger partial charge in [-0.2, -0.15) is 5.06 Å². The molecule has 0 bridgehead atoms. The molecular formula is C8H8N6O2. The number of rotatable bonds is 0. The summed E-state index contributed by atoms with van der Waals surface area (Å²) in [5.74, 6) is 4.48. The maximum Gasteiger partial charge on any atom is 0.287 e. The number of allylic oxidation sites excluding steroid dienone is 1. The molecule has 5 N–H and O–H groups in total. The number of fused-ring (bicyclic) bond motifs is 1. The second-order valence-corrected chi connectivity index (χ2v) is 2.95. The van der Waals surface area contributed by atoms with Gasteiger partial charge in [-0.1, -0.05) is 5.92 Å². The van der Waals surface area contributed by atoms with E-state index in [-0.39, 0.29) is 23.7 Å². The van der Waals surface area contributed by atoms with E-state index in [9.17, 15) is 10.0 Å². The van der Waals surface area contributed by atoms with Gasteiger partial charge in [-0.05, 0) is 5.92 Å². The molecule has 8 heteroatoms. The van der Waals surface area contributed by atoms with Crippen LogP contribution in [-0.4, -0.2) is 34.8 Å². The van der Waals surface area contributed by atoms with Gasteiger partial charge in [0.1, 0.15) is 5.57 Å². The number of amidine groups is 1. The third kappa shape index (κ3) is 1.49. The predicted molar refractivity (Wildman–Crippen MR) is 52.8 cm³/mol. The fraction of sp³-hybridized carbons (Fsp3) is 0.250. The van der Waals surface area contributed by atoms with Crippen molar-refractivity contribution in [3.63, 3.8) is 0 Å². The molecule has 0 fully saturated rings. The number of carbonyl (C=O) groups excluding carboxylic acids is 1. The van der Waals surface area contributed by atoms with E-state index >= 15 is 0 Å². The van der Waals surface area contributed by atoms with Gasteiger partial charge in [-0.25, -0.2) is 4.99 Å². The normalized spacial score (nSPS) is 22.9. The minimum absolute atomic E-state index is 0.0464. The number of aliphatic imine (C=N–C) groups is 1. The van der Waals surface area contributed by atoms with Crippen molar-refractivity contribution in [1.29, 1.82) is 0 Å². The van der Waals surface area contributed by atoms with Gasteiger partial charge >= 0.3 is 0 Å². The first-order valence-corrected chi connectivity index (χ1v) is 4.36. The molecule has 0 spiro atoms. The van der Waals surface area contributed by atoms with E-state index in [2.05, 4.69) is 27.1 Å². The van der Waals surface area contributed by atoms with Crippen LogP contribution in [0.5, 0.6) is 0 Å². The lowest BCUT2D eigenvalue weighted by Gasteiger charge is -2.23. The molecule has 2 aliphatic rings. The molecule has 82 valence electrons. The van der Waals surface area contributed by atoms with Gasteiger partial charge in [0.15, 0.2) is 11.5 Å². The van der Waals surface area contributed by atoms with Crippen LogP contribution in [0.2, 0.25) is 0 Å². The smallest absolute Gasteiger partial charge is 0.287 e. The lowest BCUT2D eigenvalue weighted by Crippen LogP contribution is -2.47. The van der Waals surface area contributed by atoms with E-state index < -0.39 is 12.2 Å². The largest absolute Gasteiger partial charge is 0.320 e. The summed E-state index contributed by atoms with van der Waals surface area (Å²) in [5, 5.41) is 16.9. The van der Waals surface area contributed by atoms with Crippen molar-refractivity contribution in [2.75, 3.05) is 6.54 Å². The lowest BCUT2D eigenvalue weighted by atomic mass is 10.1. The number of hydroxylamine groups is 2. The molecule has 0 saturated carbocycles. The maximum absolute atomic E-state index is 11.6. The summed E-state index contributed by atoms with van der Waals surface area (Å²) >= 11 is 0. The zero-order chi connectivity index (χ0) is 11.7. The van der Waals surface area contributed by atoms with Gasteiger partial charge in [0.2, 0.25) is 6.29 Å². The van der Waals surface area contributed by atoms with Crippen LogP contribution in [-0.2, 0) is 4.79 Å². The van der Waals surface area contributed by atoms with Crippen LogP contribution in [0.4, 0.5) is 0 Å². The molecule has 8 nitrogen and oxygen atoms in total. The Bertz CT molecular complexity index is 494. The van der Waals surface area contributed by atoms with Crippen LogP contribution < -0.4 is 11.5 Å². The summed E-state index contributed by atoms with van der Waals surface area (Å²) in [6, 6.07) is 0. The van der Waals surface area contributed by atoms with Crippen molar-refractivity contribution in [1.82, 2.24) is 5.06 Å². The van der Waals surface area contributed by atoms with Crippen LogP contribution in [0, 0.1) is 11.8 Å². The number of nitrogens with two attached hydrogens (primary N) is 2. The number of amides is 1. The van der Waals surface area contributed by atoms with Gasteiger partial charge < -0.3 is 5.73 Å². The third-order valence-corrected chi connectivity index (χ3v) is 1.94. The Balaban J connectivity index is 2.48. The molecule has 1 amide bonds. The molecule has 16 heavy (non-hydrogen) atoms. The number of azo groups is 1. The molecule has 0 aliphatic carbocycles. The molecular weight excluding hydrogens is 212 g/mol. The molecule has 2 heterocycles. The van der Waals surface area contributed by atoms with Crippen molar-refractivity contribution in [2.45, 2.75) is 6.29 Å². The quantitative estimate of drug-likeness (QED) is 0.340. The van der Waals surface area contributed by atoms with Crippen molar-refractivity contribution in [3.8, 4) is 11.8 Å². The van der Waals surface area contributed by atoms with Crippen molar-refractivity contribution in [3.05, 3.63) is 11.3 Å². The van der Waals surface area contributed by atoms with Gasteiger partial charge in [-0.15, -0.1) is 10.2 Å². The first-order chi connectivity index (χ1) is 7.65. The molecule has 0 aromatic heterocycles. The fourth-order valence-electron chi connectivity index (χ4n) is 1.23. The predicted octanol–water partition coefficient (Wildman–Crippen LogP) is -1.46. The van der Waals surface area contributed by atoms with Crippen LogP contribution in [0.25, 0.3) is 0 Å². The van der Waals surface area contributed by atoms with Crippen LogP contribution in [0.15, 0.2) is 26.5 Å². The third-order valence-electron chi connectivity index (χ3n) is 1.94. The fourth-order valence-corrected chi connectivity index (χ4v) is 1.23. The number of nitrogens with zero attached hydrogens (tertiary/aromatic N) is 4. The van der Waals surface area contributed by atoms with E-state index in [0.717, 1.165) is 0 Å². The lowest BCUT2D eigenvalue weighted by molar-refractivity contribution is -0.170. The van der Waals surface area contributed by atoms with Crippen molar-refractivity contribution < 1.29 is 10.0 Å². The Morgan fingerprint density at radius 1 is 1.50 bits per heavy atom. The summed E-state index contributed by atoms with van der Waals surface area (Å²) in [4.78, 5) is 15.4. The van der Waals surface area contributed by atoms with Gasteiger partial charge in [0, 0.05) is 0 Å². The molecule has 0 aromatic carbocycles. The maximum atomic E-state index is 11.6. The second-order valence-electron chi connectivity index (χ2n) is 2.95. The average Bonchev–Trinajstić information content (AvgIpc) is 2.66. The summed E-state index contributed by atoms with van der Waals surface area (Å²) < 4.78 is 0. The zero-order valence-electron chi connectivity index (χ0n) is 8.08. The molecule has 1 atom stereocenters. The Kier molecular flexibility index (Phi) is 2.49. The van der Waals surface area contributed by atoms with Crippen molar-refractivity contribution in [2.24, 2.45) is 26.7 Å². The minimum Gasteiger partial charge on any atom is -0.320 e. The second kappa shape index (κ2) is 3.82. The van der Waals surface area contributed by atoms with Gasteiger partial charge in [-0.3, -0.25) is 15.7 Å². The van der Waals surface area contributed by atoms with E-state index in [4.69, 9.17) is 11.5 Å². The highest BCUT2D eigenvalue weighted by Crippen LogP contribution is 2.23. The molecule has 0 radical (unpaired) electrons. The van der Waals surface area contributed by atoms with E-state index in [1.807, 2.05) is 0 Å². The molecule has 1 unspecified atom stereocenters. The SMILES string of the molecule is NCC#CC1=C2C(=O)N(O)C(N)N=C2N=N1. The molecule has 2 rings (SSSR count). The first kappa shape index (κ1) is 10.4. The summed E-state index contributed by atoms with van der Waals surface area (Å²) in [6.07, 6.45) is -1.16. The van der Waals surface area contributed by atoms with E-state index in [1.54, 1.807) is 0 Å². The number of hydrogen-bond acceptors (Lipinski definition) is 7. The number of hydrogen-bond donors (Lipinski definition) is 3. The zero-order valence-corrected chi connectivity index (χ0v) is 8.08. The standard InChI is InChI=1S/C8H8N6O2/c9-3-1-2-4-5-6(13-12-4)11-8(10)14(16)7(5)15/h8,16H,3,9-10H2. The Morgan fingerprint density at radius 2 is 2.25 bits per heavy atom. The minimum atomic E-state index is -1.16.